The van der Waals surface area contributed by atoms with E-state index < -0.39 is 0 Å². The molecule has 0 heterocycles. The first kappa shape index (κ1) is 20.0. The molecule has 0 aliphatic carbocycles. The Labute approximate surface area is 173 Å². The first-order valence-corrected chi connectivity index (χ1v) is 9.87. The van der Waals surface area contributed by atoms with E-state index in [1.54, 1.807) is 12.1 Å². The van der Waals surface area contributed by atoms with Crippen molar-refractivity contribution in [3.8, 4) is 11.5 Å². The summed E-state index contributed by atoms with van der Waals surface area (Å²) in [6.45, 7) is 4.79. The van der Waals surface area contributed by atoms with Gasteiger partial charge in [-0.25, -0.2) is 0 Å². The number of amides is 1. The highest BCUT2D eigenvalue weighted by Crippen LogP contribution is 2.37. The number of aryl methyl sites for hydroxylation is 1. The van der Waals surface area contributed by atoms with Crippen LogP contribution in [0.5, 0.6) is 11.5 Å². The van der Waals surface area contributed by atoms with Gasteiger partial charge in [0.1, 0.15) is 6.61 Å². The summed E-state index contributed by atoms with van der Waals surface area (Å²) in [5, 5.41) is 2.91. The minimum absolute atomic E-state index is 0.211. The van der Waals surface area contributed by atoms with Crippen molar-refractivity contribution in [1.82, 2.24) is 0 Å². The van der Waals surface area contributed by atoms with Gasteiger partial charge in [-0.3, -0.25) is 4.79 Å². The SMILES string of the molecule is CCOc1c(Br)cc(C(=O)Nc2ccc(C)cc2)cc1OCc1ccccc1. The molecular formula is C23H22BrNO3. The molecule has 3 aromatic carbocycles. The van der Waals surface area contributed by atoms with Crippen LogP contribution < -0.4 is 14.8 Å². The molecule has 0 aliphatic rings. The van der Waals surface area contributed by atoms with Crippen LogP contribution in [0.1, 0.15) is 28.4 Å². The van der Waals surface area contributed by atoms with Crippen molar-refractivity contribution in [1.29, 1.82) is 0 Å². The highest BCUT2D eigenvalue weighted by Gasteiger charge is 2.16. The van der Waals surface area contributed by atoms with Crippen LogP contribution in [0, 0.1) is 6.92 Å². The van der Waals surface area contributed by atoms with Gasteiger partial charge in [0.15, 0.2) is 11.5 Å². The normalized spacial score (nSPS) is 10.4. The van der Waals surface area contributed by atoms with Gasteiger partial charge < -0.3 is 14.8 Å². The molecule has 0 atom stereocenters. The van der Waals surface area contributed by atoms with E-state index in [1.165, 1.54) is 0 Å². The summed E-state index contributed by atoms with van der Waals surface area (Å²) in [7, 11) is 0. The summed E-state index contributed by atoms with van der Waals surface area (Å²) in [5.41, 5.74) is 3.40. The Morgan fingerprint density at radius 2 is 1.71 bits per heavy atom. The van der Waals surface area contributed by atoms with Crippen molar-refractivity contribution < 1.29 is 14.3 Å². The van der Waals surface area contributed by atoms with Crippen molar-refractivity contribution in [2.75, 3.05) is 11.9 Å². The number of benzene rings is 3. The Bertz CT molecular complexity index is 940. The summed E-state index contributed by atoms with van der Waals surface area (Å²) in [4.78, 5) is 12.7. The second kappa shape index (κ2) is 9.42. The zero-order chi connectivity index (χ0) is 19.9. The van der Waals surface area contributed by atoms with Crippen molar-refractivity contribution in [2.24, 2.45) is 0 Å². The van der Waals surface area contributed by atoms with Crippen LogP contribution in [0.3, 0.4) is 0 Å². The van der Waals surface area contributed by atoms with Gasteiger partial charge in [0.2, 0.25) is 0 Å². The average Bonchev–Trinajstić information content (AvgIpc) is 2.70. The van der Waals surface area contributed by atoms with E-state index >= 15 is 0 Å². The molecule has 0 saturated heterocycles. The van der Waals surface area contributed by atoms with Crippen LogP contribution in [0.4, 0.5) is 5.69 Å². The van der Waals surface area contributed by atoms with E-state index in [1.807, 2.05) is 68.4 Å². The Morgan fingerprint density at radius 3 is 2.39 bits per heavy atom. The maximum Gasteiger partial charge on any atom is 0.255 e. The molecule has 4 nitrogen and oxygen atoms in total. The number of nitrogens with one attached hydrogen (secondary N) is 1. The van der Waals surface area contributed by atoms with E-state index in [0.29, 0.717) is 34.7 Å². The highest BCUT2D eigenvalue weighted by atomic mass is 79.9. The number of rotatable bonds is 7. The summed E-state index contributed by atoms with van der Waals surface area (Å²) in [6, 6.07) is 21.0. The van der Waals surface area contributed by atoms with E-state index in [2.05, 4.69) is 21.2 Å². The quantitative estimate of drug-likeness (QED) is 0.491. The number of anilines is 1. The van der Waals surface area contributed by atoms with Crippen LogP contribution in [0.15, 0.2) is 71.2 Å². The van der Waals surface area contributed by atoms with E-state index in [4.69, 9.17) is 9.47 Å². The van der Waals surface area contributed by atoms with Gasteiger partial charge in [-0.1, -0.05) is 48.0 Å². The average molecular weight is 440 g/mol. The van der Waals surface area contributed by atoms with Crippen LogP contribution in [0.2, 0.25) is 0 Å². The fraction of sp³-hybridized carbons (Fsp3) is 0.174. The van der Waals surface area contributed by atoms with Gasteiger partial charge in [-0.05, 0) is 59.6 Å². The van der Waals surface area contributed by atoms with E-state index in [0.717, 1.165) is 16.8 Å². The van der Waals surface area contributed by atoms with Crippen molar-refractivity contribution in [2.45, 2.75) is 20.5 Å². The number of hydrogen-bond donors (Lipinski definition) is 1. The molecule has 0 spiro atoms. The number of carbonyl (C=O) groups is 1. The second-order valence-electron chi connectivity index (χ2n) is 6.31. The molecule has 0 saturated carbocycles. The lowest BCUT2D eigenvalue weighted by molar-refractivity contribution is 0.102. The van der Waals surface area contributed by atoms with Gasteiger partial charge in [0, 0.05) is 11.3 Å². The summed E-state index contributed by atoms with van der Waals surface area (Å²) < 4.78 is 12.4. The lowest BCUT2D eigenvalue weighted by Gasteiger charge is -2.15. The third-order valence-electron chi connectivity index (χ3n) is 4.11. The van der Waals surface area contributed by atoms with Crippen LogP contribution in [-0.2, 0) is 6.61 Å². The van der Waals surface area contributed by atoms with Crippen molar-refractivity contribution >= 4 is 27.5 Å². The topological polar surface area (TPSA) is 47.6 Å². The maximum absolute atomic E-state index is 12.7. The van der Waals surface area contributed by atoms with Crippen LogP contribution in [0.25, 0.3) is 0 Å². The van der Waals surface area contributed by atoms with Crippen molar-refractivity contribution in [3.63, 3.8) is 0 Å². The van der Waals surface area contributed by atoms with Gasteiger partial charge >= 0.3 is 0 Å². The Balaban J connectivity index is 1.83. The molecule has 3 aromatic rings. The molecule has 5 heteroatoms. The molecule has 0 unspecified atom stereocenters. The zero-order valence-electron chi connectivity index (χ0n) is 15.9. The maximum atomic E-state index is 12.7. The predicted octanol–water partition coefficient (Wildman–Crippen LogP) is 5.99. The Kier molecular flexibility index (Phi) is 6.71. The molecule has 144 valence electrons. The molecule has 1 N–H and O–H groups in total. The van der Waals surface area contributed by atoms with Gasteiger partial charge in [0.25, 0.3) is 5.91 Å². The number of halogens is 1. The summed E-state index contributed by atoms with van der Waals surface area (Å²) in [5.74, 6) is 0.900. The van der Waals surface area contributed by atoms with E-state index in [-0.39, 0.29) is 5.91 Å². The lowest BCUT2D eigenvalue weighted by atomic mass is 10.1. The molecule has 0 aromatic heterocycles. The number of ether oxygens (including phenoxy) is 2. The van der Waals surface area contributed by atoms with Crippen LogP contribution >= 0.6 is 15.9 Å². The van der Waals surface area contributed by atoms with Gasteiger partial charge in [-0.15, -0.1) is 0 Å². The number of carbonyl (C=O) groups excluding carboxylic acids is 1. The van der Waals surface area contributed by atoms with Crippen molar-refractivity contribution in [3.05, 3.63) is 87.9 Å². The standard InChI is InChI=1S/C23H22BrNO3/c1-3-27-22-20(24)13-18(23(26)25-19-11-9-16(2)10-12-19)14-21(22)28-15-17-7-5-4-6-8-17/h4-14H,3,15H2,1-2H3,(H,25,26). The molecule has 0 radical (unpaired) electrons. The molecular weight excluding hydrogens is 418 g/mol. The molecule has 0 bridgehead atoms. The summed E-state index contributed by atoms with van der Waals surface area (Å²) in [6.07, 6.45) is 0. The second-order valence-corrected chi connectivity index (χ2v) is 7.17. The first-order chi connectivity index (χ1) is 13.6. The molecule has 0 aliphatic heterocycles. The molecule has 28 heavy (non-hydrogen) atoms. The predicted molar refractivity (Wildman–Crippen MR) is 115 cm³/mol. The fourth-order valence-electron chi connectivity index (χ4n) is 2.67. The third-order valence-corrected chi connectivity index (χ3v) is 4.70. The molecule has 3 rings (SSSR count). The van der Waals surface area contributed by atoms with E-state index in [9.17, 15) is 4.79 Å². The molecule has 1 amide bonds. The largest absolute Gasteiger partial charge is 0.489 e. The monoisotopic (exact) mass is 439 g/mol. The molecule has 0 fully saturated rings. The smallest absolute Gasteiger partial charge is 0.255 e. The zero-order valence-corrected chi connectivity index (χ0v) is 17.5. The minimum Gasteiger partial charge on any atom is -0.489 e. The Morgan fingerprint density at radius 1 is 1.00 bits per heavy atom. The third kappa shape index (κ3) is 5.14. The lowest BCUT2D eigenvalue weighted by Crippen LogP contribution is -2.12. The highest BCUT2D eigenvalue weighted by molar-refractivity contribution is 9.10. The van der Waals surface area contributed by atoms with Gasteiger partial charge in [-0.2, -0.15) is 0 Å². The first-order valence-electron chi connectivity index (χ1n) is 9.08. The Hall–Kier alpha value is -2.79. The van der Waals surface area contributed by atoms with Gasteiger partial charge in [0.05, 0.1) is 11.1 Å². The fourth-order valence-corrected chi connectivity index (χ4v) is 3.22. The number of hydrogen-bond acceptors (Lipinski definition) is 3. The summed E-state index contributed by atoms with van der Waals surface area (Å²) >= 11 is 3.50. The van der Waals surface area contributed by atoms with Crippen LogP contribution in [-0.4, -0.2) is 12.5 Å². The minimum atomic E-state index is -0.211.